The Hall–Kier alpha value is -1.61. The largest absolute Gasteiger partial charge is 0.497 e. The van der Waals surface area contributed by atoms with E-state index in [1.165, 1.54) is 16.0 Å². The van der Waals surface area contributed by atoms with Crippen molar-refractivity contribution in [3.8, 4) is 11.5 Å². The molecule has 0 saturated carbocycles. The Kier molecular flexibility index (Phi) is 6.00. The van der Waals surface area contributed by atoms with E-state index in [4.69, 9.17) is 9.47 Å². The van der Waals surface area contributed by atoms with Crippen molar-refractivity contribution in [2.75, 3.05) is 20.0 Å². The Morgan fingerprint density at radius 3 is 2.13 bits per heavy atom. The zero-order valence-corrected chi connectivity index (χ0v) is 15.5. The van der Waals surface area contributed by atoms with Crippen LogP contribution >= 0.6 is 11.8 Å². The van der Waals surface area contributed by atoms with E-state index in [9.17, 15) is 0 Å². The van der Waals surface area contributed by atoms with Crippen molar-refractivity contribution in [1.29, 1.82) is 0 Å². The van der Waals surface area contributed by atoms with Gasteiger partial charge in [0.2, 0.25) is 0 Å². The van der Waals surface area contributed by atoms with Gasteiger partial charge in [0, 0.05) is 16.1 Å². The van der Waals surface area contributed by atoms with Crippen LogP contribution in [0.15, 0.2) is 47.4 Å². The Bertz CT molecular complexity index is 637. The third kappa shape index (κ3) is 3.84. The second kappa shape index (κ2) is 7.78. The number of hydrogen-bond acceptors (Lipinski definition) is 3. The van der Waals surface area contributed by atoms with E-state index in [1.807, 2.05) is 25.6 Å². The molecule has 0 spiro atoms. The van der Waals surface area contributed by atoms with Crippen LogP contribution < -0.4 is 9.47 Å². The molecular formula is C20H26O2S. The van der Waals surface area contributed by atoms with Gasteiger partial charge in [-0.2, -0.15) is 0 Å². The van der Waals surface area contributed by atoms with E-state index in [0.717, 1.165) is 23.7 Å². The maximum atomic E-state index is 5.32. The number of rotatable bonds is 3. The maximum absolute atomic E-state index is 5.32. The summed E-state index contributed by atoms with van der Waals surface area (Å²) in [5, 5.41) is 0. The van der Waals surface area contributed by atoms with Gasteiger partial charge in [-0.15, -0.1) is 11.8 Å². The van der Waals surface area contributed by atoms with Crippen LogP contribution in [0.4, 0.5) is 0 Å². The maximum Gasteiger partial charge on any atom is 0.119 e. The topological polar surface area (TPSA) is 18.5 Å². The summed E-state index contributed by atoms with van der Waals surface area (Å²) in [7, 11) is 3.42. The molecular weight excluding hydrogens is 304 g/mol. The molecule has 1 aliphatic rings. The number of fused-ring (bicyclic) bond motifs is 1. The Morgan fingerprint density at radius 2 is 1.52 bits per heavy atom. The smallest absolute Gasteiger partial charge is 0.119 e. The van der Waals surface area contributed by atoms with Crippen LogP contribution in [0.5, 0.6) is 11.5 Å². The molecule has 0 radical (unpaired) electrons. The number of ether oxygens (including phenoxy) is 2. The van der Waals surface area contributed by atoms with E-state index >= 15 is 0 Å². The van der Waals surface area contributed by atoms with Gasteiger partial charge in [-0.3, -0.25) is 0 Å². The summed E-state index contributed by atoms with van der Waals surface area (Å²) in [5.41, 5.74) is 2.95. The van der Waals surface area contributed by atoms with Gasteiger partial charge < -0.3 is 9.47 Å². The molecule has 1 heterocycles. The summed E-state index contributed by atoms with van der Waals surface area (Å²) in [6.45, 7) is 6.34. The van der Waals surface area contributed by atoms with Gasteiger partial charge >= 0.3 is 0 Å². The first-order chi connectivity index (χ1) is 11.1. The average molecular weight is 330 g/mol. The van der Waals surface area contributed by atoms with Gasteiger partial charge in [0.15, 0.2) is 0 Å². The van der Waals surface area contributed by atoms with E-state index < -0.39 is 0 Å². The second-order valence-electron chi connectivity index (χ2n) is 5.73. The minimum absolute atomic E-state index is 0.165. The van der Waals surface area contributed by atoms with Crippen LogP contribution in [-0.4, -0.2) is 20.0 Å². The van der Waals surface area contributed by atoms with Crippen molar-refractivity contribution >= 4 is 11.8 Å². The highest BCUT2D eigenvalue weighted by atomic mass is 32.2. The highest BCUT2D eigenvalue weighted by Gasteiger charge is 2.32. The molecule has 1 atom stereocenters. The van der Waals surface area contributed by atoms with E-state index in [2.05, 4.69) is 49.4 Å². The zero-order valence-electron chi connectivity index (χ0n) is 14.7. The molecule has 23 heavy (non-hydrogen) atoms. The van der Waals surface area contributed by atoms with E-state index in [1.54, 1.807) is 14.2 Å². The first-order valence-corrected chi connectivity index (χ1v) is 9.07. The third-order valence-electron chi connectivity index (χ3n) is 4.19. The third-order valence-corrected chi connectivity index (χ3v) is 5.66. The highest BCUT2D eigenvalue weighted by Crippen LogP contribution is 2.43. The Balaban J connectivity index is 0.000000924. The molecule has 3 heteroatoms. The summed E-state index contributed by atoms with van der Waals surface area (Å²) in [6, 6.07) is 14.9. The van der Waals surface area contributed by atoms with Crippen LogP contribution in [0.25, 0.3) is 0 Å². The summed E-state index contributed by atoms with van der Waals surface area (Å²) >= 11 is 1.92. The van der Waals surface area contributed by atoms with Gasteiger partial charge in [0.05, 0.1) is 14.2 Å². The fourth-order valence-corrected chi connectivity index (χ4v) is 4.10. The molecule has 2 aromatic carbocycles. The van der Waals surface area contributed by atoms with Gasteiger partial charge in [-0.1, -0.05) is 39.0 Å². The summed E-state index contributed by atoms with van der Waals surface area (Å²) < 4.78 is 10.6. The Labute approximate surface area is 144 Å². The van der Waals surface area contributed by atoms with E-state index in [0.29, 0.717) is 0 Å². The number of thioether (sulfide) groups is 1. The molecule has 124 valence electrons. The summed E-state index contributed by atoms with van der Waals surface area (Å²) in [6.07, 6.45) is 1.06. The number of benzene rings is 2. The van der Waals surface area contributed by atoms with Crippen LogP contribution in [0.3, 0.4) is 0 Å². The monoisotopic (exact) mass is 330 g/mol. The molecule has 0 aliphatic carbocycles. The predicted octanol–water partition coefficient (Wildman–Crippen LogP) is 5.34. The van der Waals surface area contributed by atoms with Gasteiger partial charge in [-0.25, -0.2) is 0 Å². The lowest BCUT2D eigenvalue weighted by Gasteiger charge is -2.35. The molecule has 0 fully saturated rings. The number of hydrogen-bond donors (Lipinski definition) is 0. The summed E-state index contributed by atoms with van der Waals surface area (Å²) in [5.74, 6) is 2.93. The first-order valence-electron chi connectivity index (χ1n) is 8.09. The fourth-order valence-electron chi connectivity index (χ4n) is 2.83. The molecule has 0 saturated heterocycles. The van der Waals surface area contributed by atoms with Crippen molar-refractivity contribution in [1.82, 2.24) is 0 Å². The van der Waals surface area contributed by atoms with Crippen molar-refractivity contribution < 1.29 is 9.47 Å². The minimum atomic E-state index is 0.165. The lowest BCUT2D eigenvalue weighted by Crippen LogP contribution is -2.31. The lowest BCUT2D eigenvalue weighted by atomic mass is 9.78. The molecule has 0 N–H and O–H groups in total. The highest BCUT2D eigenvalue weighted by molar-refractivity contribution is 7.99. The molecule has 0 aromatic heterocycles. The Morgan fingerprint density at radius 1 is 0.913 bits per heavy atom. The van der Waals surface area contributed by atoms with Crippen LogP contribution in [0, 0.1) is 0 Å². The predicted molar refractivity (Wildman–Crippen MR) is 99.1 cm³/mol. The van der Waals surface area contributed by atoms with Gasteiger partial charge in [0.1, 0.15) is 11.5 Å². The van der Waals surface area contributed by atoms with Gasteiger partial charge in [-0.05, 0) is 41.8 Å². The SMILES string of the molecule is CC.COc1ccc([C@@]2(C)CSc3cc(OC)ccc3C2)cc1. The first kappa shape index (κ1) is 17.7. The second-order valence-corrected chi connectivity index (χ2v) is 6.75. The van der Waals surface area contributed by atoms with Crippen molar-refractivity contribution in [3.05, 3.63) is 53.6 Å². The molecule has 0 unspecified atom stereocenters. The quantitative estimate of drug-likeness (QED) is 0.757. The standard InChI is InChI=1S/C18H20O2S.C2H6/c1-18(14-5-8-15(19-2)9-6-14)11-13-4-7-16(20-3)10-17(13)21-12-18;1-2/h4-10H,11-12H2,1-3H3;1-2H3/t18-;/m1./s1. The van der Waals surface area contributed by atoms with Gasteiger partial charge in [0.25, 0.3) is 0 Å². The molecule has 3 rings (SSSR count). The summed E-state index contributed by atoms with van der Waals surface area (Å²) in [4.78, 5) is 1.35. The molecule has 0 bridgehead atoms. The molecule has 2 aromatic rings. The zero-order chi connectivity index (χ0) is 16.9. The number of methoxy groups -OCH3 is 2. The average Bonchev–Trinajstić information content (AvgIpc) is 2.63. The molecule has 2 nitrogen and oxygen atoms in total. The van der Waals surface area contributed by atoms with Crippen LogP contribution in [0.2, 0.25) is 0 Å². The normalized spacial score (nSPS) is 19.2. The fraction of sp³-hybridized carbons (Fsp3) is 0.400. The molecule has 0 amide bonds. The minimum Gasteiger partial charge on any atom is -0.497 e. The van der Waals surface area contributed by atoms with Crippen molar-refractivity contribution in [3.63, 3.8) is 0 Å². The van der Waals surface area contributed by atoms with E-state index in [-0.39, 0.29) is 5.41 Å². The van der Waals surface area contributed by atoms with Crippen LogP contribution in [-0.2, 0) is 11.8 Å². The van der Waals surface area contributed by atoms with Crippen LogP contribution in [0.1, 0.15) is 31.9 Å². The van der Waals surface area contributed by atoms with Crippen molar-refractivity contribution in [2.24, 2.45) is 0 Å². The van der Waals surface area contributed by atoms with Crippen molar-refractivity contribution in [2.45, 2.75) is 37.5 Å². The molecule has 1 aliphatic heterocycles. The lowest BCUT2D eigenvalue weighted by molar-refractivity contribution is 0.412.